The number of halogens is 2. The van der Waals surface area contributed by atoms with E-state index >= 15 is 0 Å². The zero-order valence-corrected chi connectivity index (χ0v) is 12.9. The van der Waals surface area contributed by atoms with Crippen molar-refractivity contribution in [1.82, 2.24) is 4.72 Å². The van der Waals surface area contributed by atoms with Gasteiger partial charge in [0.05, 0.1) is 17.2 Å². The number of hydrogen-bond donors (Lipinski definition) is 2. The van der Waals surface area contributed by atoms with Crippen LogP contribution in [0.3, 0.4) is 0 Å². The van der Waals surface area contributed by atoms with Crippen LogP contribution in [-0.4, -0.2) is 19.6 Å². The molecule has 0 saturated heterocycles. The van der Waals surface area contributed by atoms with Gasteiger partial charge in [-0.15, -0.1) is 0 Å². The van der Waals surface area contributed by atoms with Gasteiger partial charge in [0.2, 0.25) is 10.0 Å². The molecule has 2 aromatic rings. The zero-order valence-electron chi connectivity index (χ0n) is 11.3. The molecule has 0 amide bonds. The average Bonchev–Trinajstić information content (AvgIpc) is 2.78. The fourth-order valence-corrected chi connectivity index (χ4v) is 4.22. The molecule has 4 nitrogen and oxygen atoms in total. The number of nitrogens with one attached hydrogen (secondary N) is 1. The predicted molar refractivity (Wildman–Crippen MR) is 80.6 cm³/mol. The Bertz CT molecular complexity index is 825. The number of benzene rings is 2. The molecule has 0 aliphatic heterocycles. The first-order chi connectivity index (χ1) is 10.4. The summed E-state index contributed by atoms with van der Waals surface area (Å²) in [6.07, 6.45) is -0.545. The second-order valence-electron chi connectivity index (χ2n) is 5.12. The van der Waals surface area contributed by atoms with Gasteiger partial charge in [0, 0.05) is 6.42 Å². The quantitative estimate of drug-likeness (QED) is 0.901. The summed E-state index contributed by atoms with van der Waals surface area (Å²) >= 11 is 5.63. The van der Waals surface area contributed by atoms with E-state index in [1.807, 2.05) is 12.1 Å². The summed E-state index contributed by atoms with van der Waals surface area (Å²) in [6, 6.07) is 10.1. The van der Waals surface area contributed by atoms with Gasteiger partial charge in [0.15, 0.2) is 5.82 Å². The van der Waals surface area contributed by atoms with Crippen molar-refractivity contribution < 1.29 is 17.9 Å². The molecule has 0 bridgehead atoms. The maximum absolute atomic E-state index is 14.0. The fraction of sp³-hybridized carbons (Fsp3) is 0.200. The molecule has 2 N–H and O–H groups in total. The van der Waals surface area contributed by atoms with Crippen molar-refractivity contribution in [3.63, 3.8) is 0 Å². The Morgan fingerprint density at radius 2 is 1.91 bits per heavy atom. The monoisotopic (exact) mass is 341 g/mol. The minimum atomic E-state index is -4.14. The Hall–Kier alpha value is -1.47. The number of sulfonamides is 1. The maximum Gasteiger partial charge on any atom is 0.244 e. The van der Waals surface area contributed by atoms with Gasteiger partial charge < -0.3 is 5.11 Å². The van der Waals surface area contributed by atoms with Crippen LogP contribution in [-0.2, 0) is 16.4 Å². The largest absolute Gasteiger partial charge is 0.391 e. The first-order valence-corrected chi connectivity index (χ1v) is 8.48. The van der Waals surface area contributed by atoms with Crippen molar-refractivity contribution in [2.75, 3.05) is 0 Å². The van der Waals surface area contributed by atoms with E-state index in [1.54, 1.807) is 12.1 Å². The molecular weight excluding hydrogens is 329 g/mol. The molecule has 0 fully saturated rings. The van der Waals surface area contributed by atoms with Gasteiger partial charge in [0.25, 0.3) is 0 Å². The second-order valence-corrected chi connectivity index (χ2v) is 7.21. The van der Waals surface area contributed by atoms with Crippen molar-refractivity contribution in [2.45, 2.75) is 23.5 Å². The van der Waals surface area contributed by atoms with E-state index in [0.717, 1.165) is 11.6 Å². The van der Waals surface area contributed by atoms with Crippen molar-refractivity contribution >= 4 is 21.6 Å². The van der Waals surface area contributed by atoms with Crippen LogP contribution in [0.1, 0.15) is 17.2 Å². The first-order valence-electron chi connectivity index (χ1n) is 6.62. The third-order valence-corrected chi connectivity index (χ3v) is 5.44. The Kier molecular flexibility index (Phi) is 3.94. The van der Waals surface area contributed by atoms with Crippen LogP contribution >= 0.6 is 11.6 Å². The molecule has 0 spiro atoms. The van der Waals surface area contributed by atoms with Crippen LogP contribution in [0.4, 0.5) is 4.39 Å². The topological polar surface area (TPSA) is 66.4 Å². The molecule has 1 aliphatic rings. The lowest BCUT2D eigenvalue weighted by atomic mass is 10.1. The van der Waals surface area contributed by atoms with E-state index in [9.17, 15) is 17.9 Å². The Morgan fingerprint density at radius 3 is 2.68 bits per heavy atom. The summed E-state index contributed by atoms with van der Waals surface area (Å²) in [6.45, 7) is 0. The van der Waals surface area contributed by atoms with E-state index in [0.29, 0.717) is 12.0 Å². The Labute approximate surface area is 132 Å². The molecule has 3 rings (SSSR count). The van der Waals surface area contributed by atoms with Crippen LogP contribution in [0.15, 0.2) is 47.4 Å². The molecule has 0 aromatic heterocycles. The van der Waals surface area contributed by atoms with Crippen molar-refractivity contribution in [1.29, 1.82) is 0 Å². The standard InChI is InChI=1S/C15H13ClFNO3S/c16-11-6-3-7-13(14(11)17)22(20,21)18-15-10-5-2-1-4-9(10)8-12(15)19/h1-7,12,15,18-19H,8H2. The van der Waals surface area contributed by atoms with Gasteiger partial charge in [-0.3, -0.25) is 0 Å². The number of aliphatic hydroxyl groups is 1. The molecular formula is C15H13ClFNO3S. The van der Waals surface area contributed by atoms with E-state index in [2.05, 4.69) is 4.72 Å². The normalized spacial score (nSPS) is 20.9. The zero-order chi connectivity index (χ0) is 15.9. The number of fused-ring (bicyclic) bond motifs is 1. The van der Waals surface area contributed by atoms with Gasteiger partial charge >= 0.3 is 0 Å². The van der Waals surface area contributed by atoms with E-state index < -0.39 is 32.9 Å². The summed E-state index contributed by atoms with van der Waals surface area (Å²) in [5, 5.41) is 9.83. The predicted octanol–water partition coefficient (Wildman–Crippen LogP) is 2.42. The summed E-state index contributed by atoms with van der Waals surface area (Å²) in [5.41, 5.74) is 1.57. The summed E-state index contributed by atoms with van der Waals surface area (Å²) < 4.78 is 41.1. The summed E-state index contributed by atoms with van der Waals surface area (Å²) in [5.74, 6) is -1.00. The second kappa shape index (κ2) is 5.62. The lowest BCUT2D eigenvalue weighted by molar-refractivity contribution is 0.151. The van der Waals surface area contributed by atoms with E-state index in [-0.39, 0.29) is 5.02 Å². The van der Waals surface area contributed by atoms with Gasteiger partial charge in [-0.1, -0.05) is 41.9 Å². The highest BCUT2D eigenvalue weighted by molar-refractivity contribution is 7.89. The molecule has 1 aliphatic carbocycles. The van der Waals surface area contributed by atoms with Crippen LogP contribution in [0, 0.1) is 5.82 Å². The average molecular weight is 342 g/mol. The van der Waals surface area contributed by atoms with Crippen LogP contribution in [0.25, 0.3) is 0 Å². The van der Waals surface area contributed by atoms with Gasteiger partial charge in [-0.05, 0) is 23.3 Å². The third-order valence-electron chi connectivity index (χ3n) is 3.69. The van der Waals surface area contributed by atoms with Crippen LogP contribution < -0.4 is 4.72 Å². The summed E-state index contributed by atoms with van der Waals surface area (Å²) in [4.78, 5) is -0.531. The molecule has 0 radical (unpaired) electrons. The van der Waals surface area contributed by atoms with Gasteiger partial charge in [0.1, 0.15) is 4.90 Å². The fourth-order valence-electron chi connectivity index (χ4n) is 2.64. The van der Waals surface area contributed by atoms with Crippen molar-refractivity contribution in [3.05, 3.63) is 64.4 Å². The minimum absolute atomic E-state index is 0.268. The number of hydrogen-bond acceptors (Lipinski definition) is 3. The lowest BCUT2D eigenvalue weighted by Crippen LogP contribution is -2.34. The lowest BCUT2D eigenvalue weighted by Gasteiger charge is -2.18. The van der Waals surface area contributed by atoms with Crippen LogP contribution in [0.2, 0.25) is 5.02 Å². The molecule has 0 heterocycles. The molecule has 22 heavy (non-hydrogen) atoms. The molecule has 2 aromatic carbocycles. The first kappa shape index (κ1) is 15.4. The molecule has 2 unspecified atom stereocenters. The highest BCUT2D eigenvalue weighted by Gasteiger charge is 2.35. The Balaban J connectivity index is 1.97. The maximum atomic E-state index is 14.0. The molecule has 2 atom stereocenters. The minimum Gasteiger partial charge on any atom is -0.391 e. The SMILES string of the molecule is O=S(=O)(NC1c2ccccc2CC1O)c1cccc(Cl)c1F. The van der Waals surface area contributed by atoms with E-state index in [1.165, 1.54) is 12.1 Å². The van der Waals surface area contributed by atoms with Crippen molar-refractivity contribution in [2.24, 2.45) is 0 Å². The molecule has 7 heteroatoms. The highest BCUT2D eigenvalue weighted by Crippen LogP contribution is 2.33. The summed E-state index contributed by atoms with van der Waals surface area (Å²) in [7, 11) is -4.14. The smallest absolute Gasteiger partial charge is 0.244 e. The van der Waals surface area contributed by atoms with Crippen molar-refractivity contribution in [3.8, 4) is 0 Å². The Morgan fingerprint density at radius 1 is 1.18 bits per heavy atom. The van der Waals surface area contributed by atoms with Gasteiger partial charge in [-0.2, -0.15) is 0 Å². The number of aliphatic hydroxyl groups excluding tert-OH is 1. The van der Waals surface area contributed by atoms with Gasteiger partial charge in [-0.25, -0.2) is 17.5 Å². The third kappa shape index (κ3) is 2.63. The molecule has 116 valence electrons. The van der Waals surface area contributed by atoms with E-state index in [4.69, 9.17) is 11.6 Å². The van der Waals surface area contributed by atoms with Crippen LogP contribution in [0.5, 0.6) is 0 Å². The highest BCUT2D eigenvalue weighted by atomic mass is 35.5. The number of rotatable bonds is 3. The molecule has 0 saturated carbocycles.